The van der Waals surface area contributed by atoms with E-state index >= 15 is 0 Å². The van der Waals surface area contributed by atoms with E-state index in [4.69, 9.17) is 9.47 Å². The van der Waals surface area contributed by atoms with Crippen LogP contribution in [0.1, 0.15) is 31.2 Å². The summed E-state index contributed by atoms with van der Waals surface area (Å²) in [4.78, 5) is 17.2. The average molecular weight is 332 g/mol. The number of hydrogen-bond acceptors (Lipinski definition) is 5. The molecule has 0 bridgehead atoms. The standard InChI is InChI=1S/C17H20N2O3S/c1-10(2)7-15-16(19-17(23-15)18-11(3)20)12-5-4-6-14-13(12)8-21-9-22-14/h4-6,10H,7-9H2,1-3H3,(H,18,19,20). The minimum atomic E-state index is -0.108. The van der Waals surface area contributed by atoms with Crippen molar-refractivity contribution in [3.63, 3.8) is 0 Å². The number of carbonyl (C=O) groups is 1. The van der Waals surface area contributed by atoms with E-state index < -0.39 is 0 Å². The highest BCUT2D eigenvalue weighted by Crippen LogP contribution is 2.38. The molecule has 122 valence electrons. The minimum absolute atomic E-state index is 0.108. The van der Waals surface area contributed by atoms with Crippen molar-refractivity contribution < 1.29 is 14.3 Å². The highest BCUT2D eigenvalue weighted by molar-refractivity contribution is 7.16. The number of thiazole rings is 1. The summed E-state index contributed by atoms with van der Waals surface area (Å²) in [7, 11) is 0. The van der Waals surface area contributed by atoms with Crippen molar-refractivity contribution >= 4 is 22.4 Å². The van der Waals surface area contributed by atoms with Crippen LogP contribution in [0.3, 0.4) is 0 Å². The van der Waals surface area contributed by atoms with Crippen LogP contribution in [0, 0.1) is 5.92 Å². The Morgan fingerprint density at radius 3 is 3.00 bits per heavy atom. The first-order valence-electron chi connectivity index (χ1n) is 7.64. The molecule has 1 amide bonds. The predicted octanol–water partition coefficient (Wildman–Crippen LogP) is 3.83. The van der Waals surface area contributed by atoms with Gasteiger partial charge in [-0.3, -0.25) is 4.79 Å². The van der Waals surface area contributed by atoms with Gasteiger partial charge in [-0.25, -0.2) is 4.98 Å². The highest BCUT2D eigenvalue weighted by atomic mass is 32.1. The Balaban J connectivity index is 2.07. The van der Waals surface area contributed by atoms with Crippen LogP contribution in [0.25, 0.3) is 11.3 Å². The first kappa shape index (κ1) is 16.0. The molecule has 0 atom stereocenters. The molecular weight excluding hydrogens is 312 g/mol. The quantitative estimate of drug-likeness (QED) is 0.924. The van der Waals surface area contributed by atoms with Crippen molar-refractivity contribution in [3.05, 3.63) is 28.6 Å². The third-order valence-electron chi connectivity index (χ3n) is 3.51. The molecule has 0 unspecified atom stereocenters. The SMILES string of the molecule is CC(=O)Nc1nc(-c2cccc3c2COCO3)c(CC(C)C)s1. The van der Waals surface area contributed by atoms with Crippen molar-refractivity contribution in [2.75, 3.05) is 12.1 Å². The Kier molecular flexibility index (Phi) is 4.63. The molecule has 1 aromatic heterocycles. The average Bonchev–Trinajstić information content (AvgIpc) is 2.87. The summed E-state index contributed by atoms with van der Waals surface area (Å²) >= 11 is 1.54. The largest absolute Gasteiger partial charge is 0.467 e. The van der Waals surface area contributed by atoms with Gasteiger partial charge >= 0.3 is 0 Å². The molecule has 3 rings (SSSR count). The zero-order chi connectivity index (χ0) is 16.4. The number of amides is 1. The van der Waals surface area contributed by atoms with Crippen LogP contribution in [0.15, 0.2) is 18.2 Å². The highest BCUT2D eigenvalue weighted by Gasteiger charge is 2.21. The number of fused-ring (bicyclic) bond motifs is 1. The summed E-state index contributed by atoms with van der Waals surface area (Å²) < 4.78 is 11.0. The van der Waals surface area contributed by atoms with Gasteiger partial charge in [0.25, 0.3) is 0 Å². The molecule has 1 aliphatic heterocycles. The lowest BCUT2D eigenvalue weighted by atomic mass is 10.00. The van der Waals surface area contributed by atoms with Gasteiger partial charge in [0.2, 0.25) is 5.91 Å². The summed E-state index contributed by atoms with van der Waals surface area (Å²) in [5.41, 5.74) is 2.95. The number of nitrogens with one attached hydrogen (secondary N) is 1. The second-order valence-corrected chi connectivity index (χ2v) is 7.05. The monoisotopic (exact) mass is 332 g/mol. The summed E-state index contributed by atoms with van der Waals surface area (Å²) in [6.45, 7) is 6.64. The van der Waals surface area contributed by atoms with Gasteiger partial charge in [0.05, 0.1) is 12.3 Å². The van der Waals surface area contributed by atoms with E-state index in [1.807, 2.05) is 18.2 Å². The third kappa shape index (κ3) is 3.54. The molecule has 6 heteroatoms. The van der Waals surface area contributed by atoms with Crippen molar-refractivity contribution in [3.8, 4) is 17.0 Å². The second-order valence-electron chi connectivity index (χ2n) is 5.96. The first-order chi connectivity index (χ1) is 11.0. The molecule has 0 saturated heterocycles. The lowest BCUT2D eigenvalue weighted by Crippen LogP contribution is -2.12. The Labute approximate surface area is 139 Å². The number of rotatable bonds is 4. The van der Waals surface area contributed by atoms with E-state index in [0.717, 1.165) is 29.0 Å². The Morgan fingerprint density at radius 1 is 1.43 bits per heavy atom. The van der Waals surface area contributed by atoms with Gasteiger partial charge in [-0.15, -0.1) is 11.3 Å². The van der Waals surface area contributed by atoms with Crippen molar-refractivity contribution in [1.82, 2.24) is 4.98 Å². The molecule has 1 N–H and O–H groups in total. The first-order valence-corrected chi connectivity index (χ1v) is 8.46. The number of hydrogen-bond donors (Lipinski definition) is 1. The molecule has 0 saturated carbocycles. The van der Waals surface area contributed by atoms with Crippen LogP contribution in [-0.2, 0) is 22.6 Å². The van der Waals surface area contributed by atoms with Crippen molar-refractivity contribution in [2.24, 2.45) is 5.92 Å². The Bertz CT molecular complexity index is 725. The number of benzene rings is 1. The maximum atomic E-state index is 11.3. The topological polar surface area (TPSA) is 60.5 Å². The zero-order valence-electron chi connectivity index (χ0n) is 13.5. The van der Waals surface area contributed by atoms with E-state index in [1.54, 1.807) is 0 Å². The van der Waals surface area contributed by atoms with Gasteiger partial charge in [-0.1, -0.05) is 26.0 Å². The lowest BCUT2D eigenvalue weighted by molar-refractivity contribution is -0.114. The number of nitrogens with zero attached hydrogens (tertiary/aromatic N) is 1. The van der Waals surface area contributed by atoms with Gasteiger partial charge in [-0.05, 0) is 18.4 Å². The number of aromatic nitrogens is 1. The number of ether oxygens (including phenoxy) is 2. The second kappa shape index (κ2) is 6.68. The Hall–Kier alpha value is -1.92. The van der Waals surface area contributed by atoms with Gasteiger partial charge in [0.15, 0.2) is 11.9 Å². The van der Waals surface area contributed by atoms with E-state index in [9.17, 15) is 4.79 Å². The molecule has 2 aromatic rings. The van der Waals surface area contributed by atoms with Crippen molar-refractivity contribution in [2.45, 2.75) is 33.8 Å². The van der Waals surface area contributed by atoms with E-state index in [0.29, 0.717) is 17.7 Å². The summed E-state index contributed by atoms with van der Waals surface area (Å²) in [5, 5.41) is 3.43. The molecule has 1 aromatic carbocycles. The Morgan fingerprint density at radius 2 is 2.26 bits per heavy atom. The molecular formula is C17H20N2O3S. The molecule has 2 heterocycles. The maximum absolute atomic E-state index is 11.3. The number of carbonyl (C=O) groups excluding carboxylic acids is 1. The van der Waals surface area contributed by atoms with E-state index in [-0.39, 0.29) is 12.7 Å². The smallest absolute Gasteiger partial charge is 0.223 e. The molecule has 0 aliphatic carbocycles. The van der Waals surface area contributed by atoms with Gasteiger partial charge in [-0.2, -0.15) is 0 Å². The van der Waals surface area contributed by atoms with Crippen molar-refractivity contribution in [1.29, 1.82) is 0 Å². The molecule has 5 nitrogen and oxygen atoms in total. The normalized spacial score (nSPS) is 13.6. The van der Waals surface area contributed by atoms with Crippen LogP contribution in [0.4, 0.5) is 5.13 Å². The lowest BCUT2D eigenvalue weighted by Gasteiger charge is -2.20. The van der Waals surface area contributed by atoms with Gasteiger partial charge in [0, 0.05) is 22.9 Å². The van der Waals surface area contributed by atoms with Gasteiger partial charge < -0.3 is 14.8 Å². The third-order valence-corrected chi connectivity index (χ3v) is 4.50. The fourth-order valence-electron chi connectivity index (χ4n) is 2.60. The molecule has 0 spiro atoms. The zero-order valence-corrected chi connectivity index (χ0v) is 14.3. The van der Waals surface area contributed by atoms with Crippen LogP contribution >= 0.6 is 11.3 Å². The predicted molar refractivity (Wildman–Crippen MR) is 90.7 cm³/mol. The van der Waals surface area contributed by atoms with E-state index in [2.05, 4.69) is 24.1 Å². The van der Waals surface area contributed by atoms with Crippen LogP contribution in [-0.4, -0.2) is 17.7 Å². The summed E-state index contributed by atoms with van der Waals surface area (Å²) in [5.74, 6) is 1.24. The summed E-state index contributed by atoms with van der Waals surface area (Å²) in [6.07, 6.45) is 0.915. The molecule has 1 aliphatic rings. The molecule has 23 heavy (non-hydrogen) atoms. The molecule has 0 fully saturated rings. The maximum Gasteiger partial charge on any atom is 0.223 e. The van der Waals surface area contributed by atoms with Crippen LogP contribution < -0.4 is 10.1 Å². The fraction of sp³-hybridized carbons (Fsp3) is 0.412. The fourth-order valence-corrected chi connectivity index (χ4v) is 3.83. The van der Waals surface area contributed by atoms with E-state index in [1.165, 1.54) is 23.1 Å². The van der Waals surface area contributed by atoms with Crippen LogP contribution in [0.2, 0.25) is 0 Å². The number of anilines is 1. The minimum Gasteiger partial charge on any atom is -0.467 e. The summed E-state index contributed by atoms with van der Waals surface area (Å²) in [6, 6.07) is 5.95. The van der Waals surface area contributed by atoms with Crippen LogP contribution in [0.5, 0.6) is 5.75 Å². The molecule has 0 radical (unpaired) electrons. The van der Waals surface area contributed by atoms with Gasteiger partial charge in [0.1, 0.15) is 5.75 Å².